The van der Waals surface area contributed by atoms with Crippen LogP contribution in [-0.4, -0.2) is 46.0 Å². The SMILES string of the molecule is CN=C(NCc1ccnc(-n2ccnc2)c1)N(C)CC1CCC(C)CC1. The van der Waals surface area contributed by atoms with Crippen LogP contribution in [0.5, 0.6) is 0 Å². The van der Waals surface area contributed by atoms with Crippen LogP contribution in [0.3, 0.4) is 0 Å². The third kappa shape index (κ3) is 4.84. The molecule has 0 radical (unpaired) electrons. The molecule has 140 valence electrons. The lowest BCUT2D eigenvalue weighted by molar-refractivity contribution is 0.250. The number of nitrogens with zero attached hydrogens (tertiary/aromatic N) is 5. The molecule has 26 heavy (non-hydrogen) atoms. The van der Waals surface area contributed by atoms with E-state index >= 15 is 0 Å². The Morgan fingerprint density at radius 1 is 1.31 bits per heavy atom. The van der Waals surface area contributed by atoms with Gasteiger partial charge in [0.25, 0.3) is 0 Å². The van der Waals surface area contributed by atoms with Gasteiger partial charge in [-0.15, -0.1) is 0 Å². The van der Waals surface area contributed by atoms with Crippen molar-refractivity contribution in [3.05, 3.63) is 42.6 Å². The topological polar surface area (TPSA) is 58.3 Å². The van der Waals surface area contributed by atoms with Crippen molar-refractivity contribution in [3.63, 3.8) is 0 Å². The van der Waals surface area contributed by atoms with E-state index in [0.29, 0.717) is 0 Å². The van der Waals surface area contributed by atoms with Crippen molar-refractivity contribution in [2.75, 3.05) is 20.6 Å². The molecule has 1 fully saturated rings. The number of nitrogens with one attached hydrogen (secondary N) is 1. The molecule has 0 spiro atoms. The summed E-state index contributed by atoms with van der Waals surface area (Å²) in [4.78, 5) is 15.2. The number of guanidine groups is 1. The fourth-order valence-electron chi connectivity index (χ4n) is 3.66. The van der Waals surface area contributed by atoms with Crippen LogP contribution in [0, 0.1) is 11.8 Å². The molecular weight excluding hydrogens is 324 g/mol. The van der Waals surface area contributed by atoms with Crippen LogP contribution in [0.1, 0.15) is 38.2 Å². The van der Waals surface area contributed by atoms with Gasteiger partial charge in [0.05, 0.1) is 0 Å². The van der Waals surface area contributed by atoms with Crippen molar-refractivity contribution in [2.45, 2.75) is 39.2 Å². The average molecular weight is 355 g/mol. The average Bonchev–Trinajstić information content (AvgIpc) is 3.19. The smallest absolute Gasteiger partial charge is 0.193 e. The lowest BCUT2D eigenvalue weighted by Gasteiger charge is -2.31. The van der Waals surface area contributed by atoms with E-state index in [2.05, 4.69) is 45.2 Å². The Morgan fingerprint density at radius 3 is 2.81 bits per heavy atom. The maximum Gasteiger partial charge on any atom is 0.193 e. The first kappa shape index (κ1) is 18.4. The highest BCUT2D eigenvalue weighted by atomic mass is 15.3. The Bertz CT molecular complexity index is 701. The quantitative estimate of drug-likeness (QED) is 0.662. The van der Waals surface area contributed by atoms with E-state index in [1.165, 1.54) is 31.2 Å². The van der Waals surface area contributed by atoms with Crippen molar-refractivity contribution in [1.82, 2.24) is 24.8 Å². The zero-order valence-corrected chi connectivity index (χ0v) is 16.1. The maximum absolute atomic E-state index is 4.46. The molecular formula is C20H30N6. The van der Waals surface area contributed by atoms with E-state index in [4.69, 9.17) is 0 Å². The summed E-state index contributed by atoms with van der Waals surface area (Å²) in [6, 6.07) is 4.10. The Kier molecular flexibility index (Phi) is 6.26. The molecule has 2 aromatic rings. The fraction of sp³-hybridized carbons (Fsp3) is 0.550. The second-order valence-electron chi connectivity index (χ2n) is 7.40. The number of pyridine rings is 1. The lowest BCUT2D eigenvalue weighted by Crippen LogP contribution is -2.41. The predicted octanol–water partition coefficient (Wildman–Crippen LogP) is 3.10. The van der Waals surface area contributed by atoms with Gasteiger partial charge in [0.1, 0.15) is 12.1 Å². The molecule has 2 heterocycles. The van der Waals surface area contributed by atoms with Gasteiger partial charge in [-0.25, -0.2) is 9.97 Å². The largest absolute Gasteiger partial charge is 0.352 e. The summed E-state index contributed by atoms with van der Waals surface area (Å²) >= 11 is 0. The zero-order valence-electron chi connectivity index (χ0n) is 16.1. The fourth-order valence-corrected chi connectivity index (χ4v) is 3.66. The molecule has 6 nitrogen and oxygen atoms in total. The first-order chi connectivity index (χ1) is 12.7. The van der Waals surface area contributed by atoms with Gasteiger partial charge >= 0.3 is 0 Å². The van der Waals surface area contributed by atoms with Gasteiger partial charge in [0.2, 0.25) is 0 Å². The lowest BCUT2D eigenvalue weighted by atomic mass is 9.83. The van der Waals surface area contributed by atoms with Crippen molar-refractivity contribution in [3.8, 4) is 5.82 Å². The normalized spacial score (nSPS) is 20.8. The van der Waals surface area contributed by atoms with Crippen LogP contribution >= 0.6 is 0 Å². The van der Waals surface area contributed by atoms with Gasteiger partial charge in [0, 0.05) is 45.8 Å². The minimum Gasteiger partial charge on any atom is -0.352 e. The zero-order chi connectivity index (χ0) is 18.4. The number of aliphatic imine (C=N–C) groups is 1. The first-order valence-corrected chi connectivity index (χ1v) is 9.50. The molecule has 1 saturated carbocycles. The molecule has 1 N–H and O–H groups in total. The van der Waals surface area contributed by atoms with E-state index in [9.17, 15) is 0 Å². The van der Waals surface area contributed by atoms with E-state index < -0.39 is 0 Å². The van der Waals surface area contributed by atoms with Crippen molar-refractivity contribution >= 4 is 5.96 Å². The summed E-state index contributed by atoms with van der Waals surface area (Å²) in [5.74, 6) is 3.50. The number of aromatic nitrogens is 3. The number of rotatable bonds is 5. The van der Waals surface area contributed by atoms with Gasteiger partial charge in [-0.05, 0) is 42.4 Å². The predicted molar refractivity (Wildman–Crippen MR) is 105 cm³/mol. The van der Waals surface area contributed by atoms with E-state index in [0.717, 1.165) is 36.7 Å². The van der Waals surface area contributed by atoms with Crippen LogP contribution in [0.4, 0.5) is 0 Å². The molecule has 0 saturated heterocycles. The van der Waals surface area contributed by atoms with E-state index in [1.807, 2.05) is 30.1 Å². The van der Waals surface area contributed by atoms with Gasteiger partial charge < -0.3 is 10.2 Å². The molecule has 2 aromatic heterocycles. The Morgan fingerprint density at radius 2 is 2.12 bits per heavy atom. The molecule has 6 heteroatoms. The molecule has 0 atom stereocenters. The van der Waals surface area contributed by atoms with Gasteiger partial charge in [-0.2, -0.15) is 0 Å². The summed E-state index contributed by atoms with van der Waals surface area (Å²) in [7, 11) is 3.99. The van der Waals surface area contributed by atoms with Crippen LogP contribution < -0.4 is 5.32 Å². The highest BCUT2D eigenvalue weighted by Gasteiger charge is 2.20. The molecule has 1 aliphatic carbocycles. The third-order valence-corrected chi connectivity index (χ3v) is 5.27. The van der Waals surface area contributed by atoms with Crippen molar-refractivity contribution in [2.24, 2.45) is 16.8 Å². The third-order valence-electron chi connectivity index (χ3n) is 5.27. The molecule has 1 aliphatic rings. The van der Waals surface area contributed by atoms with Gasteiger partial charge in [-0.1, -0.05) is 19.8 Å². The molecule has 3 rings (SSSR count). The van der Waals surface area contributed by atoms with E-state index in [1.54, 1.807) is 12.5 Å². The number of hydrogen-bond donors (Lipinski definition) is 1. The summed E-state index contributed by atoms with van der Waals surface area (Å²) in [6.07, 6.45) is 12.6. The summed E-state index contributed by atoms with van der Waals surface area (Å²) in [5, 5.41) is 3.48. The standard InChI is InChI=1S/C20H30N6/c1-16-4-6-17(7-5-16)14-25(3)20(21-2)24-13-18-8-9-23-19(12-18)26-11-10-22-15-26/h8-12,15-17H,4-7,13-14H2,1-3H3,(H,21,24). The van der Waals surface area contributed by atoms with Crippen LogP contribution in [0.15, 0.2) is 42.0 Å². The number of imidazole rings is 1. The Labute approximate surface area is 156 Å². The molecule has 0 amide bonds. The summed E-state index contributed by atoms with van der Waals surface area (Å²) in [6.45, 7) is 4.17. The minimum absolute atomic E-state index is 0.725. The van der Waals surface area contributed by atoms with Crippen LogP contribution in [0.2, 0.25) is 0 Å². The summed E-state index contributed by atoms with van der Waals surface area (Å²) in [5.41, 5.74) is 1.17. The van der Waals surface area contributed by atoms with Crippen LogP contribution in [0.25, 0.3) is 5.82 Å². The molecule has 0 aromatic carbocycles. The highest BCUT2D eigenvalue weighted by molar-refractivity contribution is 5.79. The van der Waals surface area contributed by atoms with Crippen molar-refractivity contribution in [1.29, 1.82) is 0 Å². The molecule has 0 aliphatic heterocycles. The maximum atomic E-state index is 4.46. The van der Waals surface area contributed by atoms with Crippen molar-refractivity contribution < 1.29 is 0 Å². The van der Waals surface area contributed by atoms with Crippen LogP contribution in [-0.2, 0) is 6.54 Å². The second kappa shape index (κ2) is 8.83. The van der Waals surface area contributed by atoms with Gasteiger partial charge in [0.15, 0.2) is 5.96 Å². The summed E-state index contributed by atoms with van der Waals surface area (Å²) < 4.78 is 1.91. The molecule has 0 unspecified atom stereocenters. The molecule has 0 bridgehead atoms. The monoisotopic (exact) mass is 354 g/mol. The second-order valence-corrected chi connectivity index (χ2v) is 7.40. The highest BCUT2D eigenvalue weighted by Crippen LogP contribution is 2.28. The van der Waals surface area contributed by atoms with Gasteiger partial charge in [-0.3, -0.25) is 9.56 Å². The first-order valence-electron chi connectivity index (χ1n) is 9.50. The Hall–Kier alpha value is -2.37. The van der Waals surface area contributed by atoms with E-state index in [-0.39, 0.29) is 0 Å². The minimum atomic E-state index is 0.725. The number of hydrogen-bond acceptors (Lipinski definition) is 3. The Balaban J connectivity index is 1.54.